The zero-order valence-electron chi connectivity index (χ0n) is 11.9. The van der Waals surface area contributed by atoms with Gasteiger partial charge in [-0.15, -0.1) is 0 Å². The summed E-state index contributed by atoms with van der Waals surface area (Å²) in [5.41, 5.74) is 3.93. The number of aromatic amines is 1. The first-order valence-electron chi connectivity index (χ1n) is 6.63. The van der Waals surface area contributed by atoms with Crippen LogP contribution in [-0.2, 0) is 9.47 Å². The molecule has 1 aromatic rings. The van der Waals surface area contributed by atoms with Crippen molar-refractivity contribution in [3.8, 4) is 0 Å². The molecule has 1 saturated heterocycles. The highest BCUT2D eigenvalue weighted by atomic mass is 19.1. The first kappa shape index (κ1) is 16.8. The maximum absolute atomic E-state index is 14.3. The van der Waals surface area contributed by atoms with Crippen molar-refractivity contribution in [2.45, 2.75) is 31.2 Å². The van der Waals surface area contributed by atoms with Gasteiger partial charge >= 0.3 is 5.69 Å². The van der Waals surface area contributed by atoms with Crippen molar-refractivity contribution in [2.24, 2.45) is 5.73 Å². The van der Waals surface area contributed by atoms with Crippen molar-refractivity contribution in [3.05, 3.63) is 32.6 Å². The van der Waals surface area contributed by atoms with Crippen LogP contribution in [-0.4, -0.2) is 57.6 Å². The highest BCUT2D eigenvalue weighted by Crippen LogP contribution is 2.39. The number of aliphatic hydroxyl groups is 2. The van der Waals surface area contributed by atoms with Crippen LogP contribution in [0.1, 0.15) is 11.8 Å². The Morgan fingerprint density at radius 3 is 2.86 bits per heavy atom. The Morgan fingerprint density at radius 1 is 1.59 bits per heavy atom. The number of aliphatic hydroxyl groups excluding tert-OH is 2. The van der Waals surface area contributed by atoms with E-state index in [1.807, 2.05) is 4.98 Å². The van der Waals surface area contributed by atoms with Gasteiger partial charge in [0.2, 0.25) is 5.79 Å². The average Bonchev–Trinajstić information content (AvgIpc) is 2.74. The molecule has 1 fully saturated rings. The van der Waals surface area contributed by atoms with E-state index in [1.54, 1.807) is 0 Å². The third kappa shape index (κ3) is 2.71. The van der Waals surface area contributed by atoms with Crippen molar-refractivity contribution >= 4 is 0 Å². The molecule has 0 amide bonds. The second kappa shape index (κ2) is 6.26. The Labute approximate surface area is 124 Å². The van der Waals surface area contributed by atoms with Crippen LogP contribution < -0.4 is 17.0 Å². The van der Waals surface area contributed by atoms with Crippen LogP contribution in [0.25, 0.3) is 0 Å². The lowest BCUT2D eigenvalue weighted by atomic mass is 10.1. The molecule has 1 aliphatic rings. The van der Waals surface area contributed by atoms with Gasteiger partial charge in [0.05, 0.1) is 6.61 Å². The van der Waals surface area contributed by atoms with Crippen molar-refractivity contribution in [3.63, 3.8) is 0 Å². The summed E-state index contributed by atoms with van der Waals surface area (Å²) in [7, 11) is 0. The van der Waals surface area contributed by atoms with Crippen molar-refractivity contribution < 1.29 is 24.1 Å². The fraction of sp³-hybridized carbons (Fsp3) is 0.667. The fourth-order valence-corrected chi connectivity index (χ4v) is 2.25. The van der Waals surface area contributed by atoms with E-state index in [9.17, 15) is 24.2 Å². The average molecular weight is 319 g/mol. The standard InChI is InChI=1S/C12H18FN3O6/c1-6-4-16(11(20)15-9(6)19)10-7(13)8(18)12(5-17,22-10)21-3-2-14/h4,7-8,10,17-18H,2-3,5,14H2,1H3,(H,15,19,20)/t7-,8-,10+,12+/m0/s1. The maximum atomic E-state index is 14.3. The number of rotatable bonds is 5. The van der Waals surface area contributed by atoms with E-state index in [-0.39, 0.29) is 18.7 Å². The number of H-pyrrole nitrogens is 1. The molecular weight excluding hydrogens is 301 g/mol. The van der Waals surface area contributed by atoms with E-state index in [0.717, 1.165) is 10.8 Å². The van der Waals surface area contributed by atoms with Crippen LogP contribution in [0.15, 0.2) is 15.8 Å². The SMILES string of the molecule is Cc1cn([C@@H]2O[C@@](CO)(OCCN)[C@@H](O)[C@@H]2F)c(=O)[nH]c1=O. The summed E-state index contributed by atoms with van der Waals surface area (Å²) in [6.07, 6.45) is -4.31. The number of nitrogens with one attached hydrogen (secondary N) is 1. The number of ether oxygens (including phenoxy) is 2. The predicted molar refractivity (Wildman–Crippen MR) is 71.9 cm³/mol. The Hall–Kier alpha value is -1.59. The van der Waals surface area contributed by atoms with Crippen molar-refractivity contribution in [1.82, 2.24) is 9.55 Å². The van der Waals surface area contributed by atoms with Gasteiger partial charge in [-0.3, -0.25) is 14.3 Å². The molecule has 0 unspecified atom stereocenters. The molecule has 0 aliphatic carbocycles. The topological polar surface area (TPSA) is 140 Å². The number of nitrogens with two attached hydrogens (primary N) is 1. The third-order valence-electron chi connectivity index (χ3n) is 3.45. The van der Waals surface area contributed by atoms with Crippen LogP contribution in [0.4, 0.5) is 4.39 Å². The minimum absolute atomic E-state index is 0.0666. The zero-order chi connectivity index (χ0) is 16.5. The summed E-state index contributed by atoms with van der Waals surface area (Å²) >= 11 is 0. The Kier molecular flexibility index (Phi) is 4.78. The smallest absolute Gasteiger partial charge is 0.330 e. The van der Waals surface area contributed by atoms with E-state index in [2.05, 4.69) is 0 Å². The van der Waals surface area contributed by atoms with Gasteiger partial charge in [-0.1, -0.05) is 0 Å². The quantitative estimate of drug-likeness (QED) is 0.480. The van der Waals surface area contributed by atoms with Crippen molar-refractivity contribution in [1.29, 1.82) is 0 Å². The second-order valence-electron chi connectivity index (χ2n) is 4.98. The van der Waals surface area contributed by atoms with Crippen molar-refractivity contribution in [2.75, 3.05) is 19.8 Å². The van der Waals surface area contributed by atoms with Gasteiger partial charge in [0.25, 0.3) is 5.56 Å². The van der Waals surface area contributed by atoms with E-state index < -0.39 is 42.1 Å². The molecule has 1 aromatic heterocycles. The third-order valence-corrected chi connectivity index (χ3v) is 3.45. The molecule has 0 spiro atoms. The Bertz CT molecular complexity index is 646. The van der Waals surface area contributed by atoms with Crippen LogP contribution in [0, 0.1) is 6.92 Å². The van der Waals surface area contributed by atoms with Crippen LogP contribution in [0.2, 0.25) is 0 Å². The lowest BCUT2D eigenvalue weighted by molar-refractivity contribution is -0.280. The number of alkyl halides is 1. The molecule has 10 heteroatoms. The number of aryl methyl sites for hydroxylation is 1. The van der Waals surface area contributed by atoms with Gasteiger partial charge in [-0.2, -0.15) is 0 Å². The second-order valence-corrected chi connectivity index (χ2v) is 4.98. The summed E-state index contributed by atoms with van der Waals surface area (Å²) < 4.78 is 25.6. The monoisotopic (exact) mass is 319 g/mol. The molecule has 5 N–H and O–H groups in total. The normalized spacial score (nSPS) is 31.6. The number of hydrogen-bond donors (Lipinski definition) is 4. The van der Waals surface area contributed by atoms with E-state index in [1.165, 1.54) is 6.92 Å². The Morgan fingerprint density at radius 2 is 2.27 bits per heavy atom. The molecule has 1 aliphatic heterocycles. The van der Waals surface area contributed by atoms with Gasteiger partial charge < -0.3 is 25.4 Å². The molecule has 124 valence electrons. The van der Waals surface area contributed by atoms with E-state index in [4.69, 9.17) is 15.2 Å². The molecule has 4 atom stereocenters. The number of aromatic nitrogens is 2. The summed E-state index contributed by atoms with van der Waals surface area (Å²) in [4.78, 5) is 25.2. The molecule has 22 heavy (non-hydrogen) atoms. The highest BCUT2D eigenvalue weighted by molar-refractivity contribution is 5.04. The van der Waals surface area contributed by atoms with E-state index in [0.29, 0.717) is 0 Å². The number of nitrogens with zero attached hydrogens (tertiary/aromatic N) is 1. The summed E-state index contributed by atoms with van der Waals surface area (Å²) in [6.45, 7) is 0.577. The zero-order valence-corrected chi connectivity index (χ0v) is 11.9. The predicted octanol–water partition coefficient (Wildman–Crippen LogP) is -2.26. The van der Waals surface area contributed by atoms with Gasteiger partial charge in [0.1, 0.15) is 12.7 Å². The first-order chi connectivity index (χ1) is 10.4. The molecular formula is C12H18FN3O6. The van der Waals surface area contributed by atoms with Crippen LogP contribution >= 0.6 is 0 Å². The summed E-state index contributed by atoms with van der Waals surface area (Å²) in [5, 5.41) is 19.4. The maximum Gasteiger partial charge on any atom is 0.330 e. The van der Waals surface area contributed by atoms with Crippen LogP contribution in [0.3, 0.4) is 0 Å². The van der Waals surface area contributed by atoms with Gasteiger partial charge in [-0.05, 0) is 6.92 Å². The Balaban J connectivity index is 2.40. The lowest BCUT2D eigenvalue weighted by Gasteiger charge is -2.29. The molecule has 9 nitrogen and oxygen atoms in total. The van der Waals surface area contributed by atoms with Gasteiger partial charge in [0.15, 0.2) is 12.4 Å². The van der Waals surface area contributed by atoms with Gasteiger partial charge in [-0.25, -0.2) is 9.18 Å². The molecule has 0 saturated carbocycles. The molecule has 2 heterocycles. The molecule has 0 aromatic carbocycles. The van der Waals surface area contributed by atoms with Gasteiger partial charge in [0, 0.05) is 18.3 Å². The summed E-state index contributed by atoms with van der Waals surface area (Å²) in [6, 6.07) is 0. The molecule has 2 rings (SSSR count). The minimum Gasteiger partial charge on any atom is -0.391 e. The summed E-state index contributed by atoms with van der Waals surface area (Å²) in [5.74, 6) is -2.02. The lowest BCUT2D eigenvalue weighted by Crippen LogP contribution is -2.48. The first-order valence-corrected chi connectivity index (χ1v) is 6.63. The molecule has 0 bridgehead atoms. The largest absolute Gasteiger partial charge is 0.391 e. The number of hydrogen-bond acceptors (Lipinski definition) is 7. The number of halogens is 1. The fourth-order valence-electron chi connectivity index (χ4n) is 2.25. The van der Waals surface area contributed by atoms with Crippen LogP contribution in [0.5, 0.6) is 0 Å². The highest BCUT2D eigenvalue weighted by Gasteiger charge is 2.57. The van der Waals surface area contributed by atoms with E-state index >= 15 is 0 Å². The molecule has 0 radical (unpaired) electrons. The minimum atomic E-state index is -2.05.